The molecular weight excluding hydrogens is 172 g/mol. The Morgan fingerprint density at radius 2 is 1.77 bits per heavy atom. The highest BCUT2D eigenvalue weighted by molar-refractivity contribution is 5.46. The SMILES string of the molecule is CC(C)(C)Nc1ccc(F)cc1F. The number of benzene rings is 1. The fraction of sp³-hybridized carbons (Fsp3) is 0.400. The van der Waals surface area contributed by atoms with Crippen molar-refractivity contribution in [3.05, 3.63) is 29.8 Å². The van der Waals surface area contributed by atoms with E-state index in [-0.39, 0.29) is 5.54 Å². The minimum atomic E-state index is -0.560. The van der Waals surface area contributed by atoms with Crippen molar-refractivity contribution in [3.63, 3.8) is 0 Å². The van der Waals surface area contributed by atoms with E-state index in [0.717, 1.165) is 6.07 Å². The second kappa shape index (κ2) is 3.32. The maximum absolute atomic E-state index is 13.1. The summed E-state index contributed by atoms with van der Waals surface area (Å²) in [7, 11) is 0. The van der Waals surface area contributed by atoms with Crippen molar-refractivity contribution in [1.82, 2.24) is 0 Å². The number of rotatable bonds is 1. The van der Waals surface area contributed by atoms with Crippen LogP contribution in [-0.2, 0) is 0 Å². The molecule has 0 saturated carbocycles. The molecule has 0 spiro atoms. The zero-order valence-electron chi connectivity index (χ0n) is 7.99. The summed E-state index contributed by atoms with van der Waals surface area (Å²) in [5.74, 6) is -1.12. The van der Waals surface area contributed by atoms with Crippen LogP contribution in [0.15, 0.2) is 18.2 Å². The van der Waals surface area contributed by atoms with Crippen molar-refractivity contribution in [2.45, 2.75) is 26.3 Å². The quantitative estimate of drug-likeness (QED) is 0.708. The van der Waals surface area contributed by atoms with Gasteiger partial charge in [0.25, 0.3) is 0 Å². The molecule has 0 saturated heterocycles. The van der Waals surface area contributed by atoms with Gasteiger partial charge in [-0.3, -0.25) is 0 Å². The van der Waals surface area contributed by atoms with Crippen molar-refractivity contribution in [1.29, 1.82) is 0 Å². The Balaban J connectivity index is 2.90. The second-order valence-electron chi connectivity index (χ2n) is 4.00. The molecule has 1 aromatic rings. The number of hydrogen-bond acceptors (Lipinski definition) is 1. The molecule has 0 amide bonds. The molecule has 0 fully saturated rings. The van der Waals surface area contributed by atoms with E-state index < -0.39 is 11.6 Å². The molecule has 13 heavy (non-hydrogen) atoms. The number of nitrogens with one attached hydrogen (secondary N) is 1. The van der Waals surface area contributed by atoms with E-state index in [2.05, 4.69) is 5.32 Å². The average Bonchev–Trinajstić information content (AvgIpc) is 1.93. The molecule has 3 heteroatoms. The molecule has 0 aliphatic rings. The number of anilines is 1. The van der Waals surface area contributed by atoms with Crippen molar-refractivity contribution in [2.24, 2.45) is 0 Å². The fourth-order valence-corrected chi connectivity index (χ4v) is 0.995. The largest absolute Gasteiger partial charge is 0.378 e. The third-order valence-corrected chi connectivity index (χ3v) is 1.44. The van der Waals surface area contributed by atoms with Crippen molar-refractivity contribution in [2.75, 3.05) is 5.32 Å². The molecule has 0 aliphatic carbocycles. The zero-order valence-corrected chi connectivity index (χ0v) is 7.99. The highest BCUT2D eigenvalue weighted by Gasteiger charge is 2.12. The summed E-state index contributed by atoms with van der Waals surface area (Å²) in [6.07, 6.45) is 0. The van der Waals surface area contributed by atoms with Crippen LogP contribution in [-0.4, -0.2) is 5.54 Å². The summed E-state index contributed by atoms with van der Waals surface area (Å²) in [6, 6.07) is 3.50. The number of halogens is 2. The lowest BCUT2D eigenvalue weighted by Gasteiger charge is -2.22. The van der Waals surface area contributed by atoms with Crippen LogP contribution in [0.5, 0.6) is 0 Å². The van der Waals surface area contributed by atoms with Crippen LogP contribution < -0.4 is 5.32 Å². The molecule has 0 unspecified atom stereocenters. The standard InChI is InChI=1S/C10H13F2N/c1-10(2,3)13-9-5-4-7(11)6-8(9)12/h4-6,13H,1-3H3. The van der Waals surface area contributed by atoms with Gasteiger partial charge in [0.2, 0.25) is 0 Å². The summed E-state index contributed by atoms with van der Waals surface area (Å²) in [4.78, 5) is 0. The van der Waals surface area contributed by atoms with Crippen molar-refractivity contribution in [3.8, 4) is 0 Å². The molecule has 1 aromatic carbocycles. The maximum atomic E-state index is 13.1. The van der Waals surface area contributed by atoms with E-state index in [4.69, 9.17) is 0 Å². The molecule has 0 radical (unpaired) electrons. The van der Waals surface area contributed by atoms with Gasteiger partial charge in [0.05, 0.1) is 5.69 Å². The molecule has 1 rings (SSSR count). The predicted octanol–water partition coefficient (Wildman–Crippen LogP) is 3.18. The van der Waals surface area contributed by atoms with Crippen molar-refractivity contribution < 1.29 is 8.78 Å². The summed E-state index contributed by atoms with van der Waals surface area (Å²) < 4.78 is 25.6. The van der Waals surface area contributed by atoms with Crippen LogP contribution in [0.2, 0.25) is 0 Å². The van der Waals surface area contributed by atoms with Gasteiger partial charge >= 0.3 is 0 Å². The first kappa shape index (κ1) is 9.96. The van der Waals surface area contributed by atoms with E-state index in [1.54, 1.807) is 0 Å². The smallest absolute Gasteiger partial charge is 0.149 e. The molecular formula is C10H13F2N. The van der Waals surface area contributed by atoms with Gasteiger partial charge < -0.3 is 5.32 Å². The molecule has 0 bridgehead atoms. The Morgan fingerprint density at radius 3 is 2.23 bits per heavy atom. The average molecular weight is 185 g/mol. The summed E-state index contributed by atoms with van der Waals surface area (Å²) in [5, 5.41) is 2.93. The predicted molar refractivity (Wildman–Crippen MR) is 49.7 cm³/mol. The molecule has 0 heterocycles. The van der Waals surface area contributed by atoms with Gasteiger partial charge in [0.1, 0.15) is 11.6 Å². The summed E-state index contributed by atoms with van der Waals surface area (Å²) >= 11 is 0. The molecule has 0 atom stereocenters. The first-order valence-corrected chi connectivity index (χ1v) is 4.12. The summed E-state index contributed by atoms with van der Waals surface area (Å²) in [5.41, 5.74) is 0.104. The Kier molecular flexibility index (Phi) is 2.55. The minimum Gasteiger partial charge on any atom is -0.378 e. The van der Waals surface area contributed by atoms with E-state index >= 15 is 0 Å². The zero-order chi connectivity index (χ0) is 10.1. The van der Waals surface area contributed by atoms with Gasteiger partial charge in [-0.2, -0.15) is 0 Å². The van der Waals surface area contributed by atoms with Gasteiger partial charge in [-0.1, -0.05) is 0 Å². The van der Waals surface area contributed by atoms with E-state index in [1.807, 2.05) is 20.8 Å². The van der Waals surface area contributed by atoms with Gasteiger partial charge in [0.15, 0.2) is 0 Å². The van der Waals surface area contributed by atoms with Crippen LogP contribution in [0.25, 0.3) is 0 Å². The van der Waals surface area contributed by atoms with E-state index in [0.29, 0.717) is 5.69 Å². The third kappa shape index (κ3) is 3.01. The van der Waals surface area contributed by atoms with E-state index in [1.165, 1.54) is 12.1 Å². The maximum Gasteiger partial charge on any atom is 0.149 e. The van der Waals surface area contributed by atoms with Gasteiger partial charge in [-0.25, -0.2) is 8.78 Å². The molecule has 0 aromatic heterocycles. The monoisotopic (exact) mass is 185 g/mol. The minimum absolute atomic E-state index is 0.224. The lowest BCUT2D eigenvalue weighted by Crippen LogP contribution is -2.26. The normalized spacial score (nSPS) is 11.5. The number of hydrogen-bond donors (Lipinski definition) is 1. The van der Waals surface area contributed by atoms with Crippen LogP contribution in [0, 0.1) is 11.6 Å². The molecule has 0 aliphatic heterocycles. The highest BCUT2D eigenvalue weighted by atomic mass is 19.1. The lowest BCUT2D eigenvalue weighted by atomic mass is 10.1. The lowest BCUT2D eigenvalue weighted by molar-refractivity contribution is 0.573. The van der Waals surface area contributed by atoms with Crippen LogP contribution in [0.4, 0.5) is 14.5 Å². The first-order valence-electron chi connectivity index (χ1n) is 4.12. The van der Waals surface area contributed by atoms with Crippen LogP contribution >= 0.6 is 0 Å². The Bertz CT molecular complexity index is 302. The van der Waals surface area contributed by atoms with Crippen molar-refractivity contribution >= 4 is 5.69 Å². The molecule has 72 valence electrons. The second-order valence-corrected chi connectivity index (χ2v) is 4.00. The van der Waals surface area contributed by atoms with Crippen LogP contribution in [0.1, 0.15) is 20.8 Å². The fourth-order valence-electron chi connectivity index (χ4n) is 0.995. The van der Waals surface area contributed by atoms with Crippen LogP contribution in [0.3, 0.4) is 0 Å². The van der Waals surface area contributed by atoms with Gasteiger partial charge in [0, 0.05) is 11.6 Å². The Hall–Kier alpha value is -1.12. The van der Waals surface area contributed by atoms with Gasteiger partial charge in [-0.05, 0) is 32.9 Å². The topological polar surface area (TPSA) is 12.0 Å². The molecule has 1 nitrogen and oxygen atoms in total. The Labute approximate surface area is 76.8 Å². The first-order chi connectivity index (χ1) is 5.88. The summed E-state index contributed by atoms with van der Waals surface area (Å²) in [6.45, 7) is 5.74. The molecule has 1 N–H and O–H groups in total. The highest BCUT2D eigenvalue weighted by Crippen LogP contribution is 2.19. The van der Waals surface area contributed by atoms with Gasteiger partial charge in [-0.15, -0.1) is 0 Å². The Morgan fingerprint density at radius 1 is 1.15 bits per heavy atom. The van der Waals surface area contributed by atoms with E-state index in [9.17, 15) is 8.78 Å². The third-order valence-electron chi connectivity index (χ3n) is 1.44.